The van der Waals surface area contributed by atoms with Crippen molar-refractivity contribution in [3.63, 3.8) is 0 Å². The molecule has 1 aromatic heterocycles. The number of hydrogen-bond acceptors (Lipinski definition) is 1. The molecule has 0 amide bonds. The van der Waals surface area contributed by atoms with Gasteiger partial charge in [-0.05, 0) is 85.9 Å². The normalized spacial score (nSPS) is 12.8. The highest BCUT2D eigenvalue weighted by Gasteiger charge is 2.22. The largest absolute Gasteiger partial charge is 0.292 e. The van der Waals surface area contributed by atoms with E-state index in [1.807, 2.05) is 0 Å². The second-order valence-corrected chi connectivity index (χ2v) is 11.5. The third kappa shape index (κ3) is 3.77. The highest BCUT2D eigenvalue weighted by Crippen LogP contribution is 2.40. The van der Waals surface area contributed by atoms with Crippen LogP contribution in [0.5, 0.6) is 0 Å². The number of fused-ring (bicyclic) bond motifs is 6. The minimum atomic E-state index is 0.966. The van der Waals surface area contributed by atoms with Crippen LogP contribution in [0.3, 0.4) is 0 Å². The second-order valence-electron chi connectivity index (χ2n) is 11.5. The van der Waals surface area contributed by atoms with Crippen LogP contribution in [0.4, 0.5) is 0 Å². The van der Waals surface area contributed by atoms with E-state index in [1.165, 1.54) is 65.6 Å². The Bertz CT molecular complexity index is 2390. The number of aromatic nitrogens is 2. The Labute approximate surface area is 250 Å². The summed E-state index contributed by atoms with van der Waals surface area (Å²) in [6.45, 7) is 0. The standard InChI is InChI=1S/C41H28N2/c1-2-11-27(12-3-1)41-42-38-19-8-9-20-40(38)43(41)39-24-23-35(32-15-6-7-16-36(32)39)31-17-10-18-33-34(31)22-21-30-25-28-13-4-5-14-29(28)26-37(30)33/h1-7,9-18,20-26H,8,19H2. The number of aryl methyl sites for hydroxylation is 1. The molecule has 2 heteroatoms. The van der Waals surface area contributed by atoms with Crippen LogP contribution >= 0.6 is 0 Å². The maximum Gasteiger partial charge on any atom is 0.145 e. The summed E-state index contributed by atoms with van der Waals surface area (Å²) in [5.41, 5.74) is 7.15. The van der Waals surface area contributed by atoms with Gasteiger partial charge in [0.1, 0.15) is 5.82 Å². The number of nitrogens with zero attached hydrogens (tertiary/aromatic N) is 2. The van der Waals surface area contributed by atoms with Gasteiger partial charge in [0.15, 0.2) is 0 Å². The average molecular weight is 549 g/mol. The molecule has 0 fully saturated rings. The number of benzene rings is 7. The minimum absolute atomic E-state index is 0.966. The summed E-state index contributed by atoms with van der Waals surface area (Å²) in [6, 6.07) is 48.6. The van der Waals surface area contributed by atoms with Crippen LogP contribution < -0.4 is 0 Å². The molecule has 0 spiro atoms. The molecule has 0 saturated heterocycles. The zero-order chi connectivity index (χ0) is 28.3. The van der Waals surface area contributed by atoms with Crippen molar-refractivity contribution in [3.8, 4) is 28.2 Å². The second kappa shape index (κ2) is 9.54. The lowest BCUT2D eigenvalue weighted by atomic mass is 9.90. The summed E-state index contributed by atoms with van der Waals surface area (Å²) in [5.74, 6) is 0.999. The van der Waals surface area contributed by atoms with Gasteiger partial charge in [-0.3, -0.25) is 4.57 Å². The van der Waals surface area contributed by atoms with Crippen LogP contribution in [0.2, 0.25) is 0 Å². The van der Waals surface area contributed by atoms with Crippen molar-refractivity contribution in [2.45, 2.75) is 12.8 Å². The van der Waals surface area contributed by atoms with Gasteiger partial charge in [-0.25, -0.2) is 4.98 Å². The first-order chi connectivity index (χ1) is 21.3. The van der Waals surface area contributed by atoms with Crippen LogP contribution in [0.15, 0.2) is 140 Å². The highest BCUT2D eigenvalue weighted by atomic mass is 15.1. The van der Waals surface area contributed by atoms with Crippen LogP contribution in [-0.4, -0.2) is 9.55 Å². The smallest absolute Gasteiger partial charge is 0.145 e. The molecule has 43 heavy (non-hydrogen) atoms. The summed E-state index contributed by atoms with van der Waals surface area (Å²) >= 11 is 0. The Balaban J connectivity index is 1.30. The van der Waals surface area contributed by atoms with E-state index >= 15 is 0 Å². The summed E-state index contributed by atoms with van der Waals surface area (Å²) < 4.78 is 2.37. The summed E-state index contributed by atoms with van der Waals surface area (Å²) in [5, 5.41) is 10.1. The van der Waals surface area contributed by atoms with Gasteiger partial charge >= 0.3 is 0 Å². The first-order valence-corrected chi connectivity index (χ1v) is 15.0. The molecule has 1 heterocycles. The fourth-order valence-corrected chi connectivity index (χ4v) is 7.00. The summed E-state index contributed by atoms with van der Waals surface area (Å²) in [7, 11) is 0. The van der Waals surface area contributed by atoms with Crippen molar-refractivity contribution in [1.29, 1.82) is 0 Å². The molecule has 0 bridgehead atoms. The Morgan fingerprint density at radius 1 is 0.512 bits per heavy atom. The summed E-state index contributed by atoms with van der Waals surface area (Å²) in [6.07, 6.45) is 6.52. The maximum atomic E-state index is 5.19. The van der Waals surface area contributed by atoms with E-state index in [4.69, 9.17) is 4.98 Å². The van der Waals surface area contributed by atoms with E-state index in [1.54, 1.807) is 0 Å². The Morgan fingerprint density at radius 3 is 2.12 bits per heavy atom. The van der Waals surface area contributed by atoms with Crippen LogP contribution in [0.25, 0.3) is 77.4 Å². The molecule has 2 nitrogen and oxygen atoms in total. The average Bonchev–Trinajstić information content (AvgIpc) is 3.46. The topological polar surface area (TPSA) is 17.8 Å². The van der Waals surface area contributed by atoms with Gasteiger partial charge in [-0.15, -0.1) is 0 Å². The Kier molecular flexibility index (Phi) is 5.36. The molecule has 0 radical (unpaired) electrons. The van der Waals surface area contributed by atoms with Gasteiger partial charge in [-0.1, -0.05) is 121 Å². The van der Waals surface area contributed by atoms with E-state index in [9.17, 15) is 0 Å². The SMILES string of the molecule is C1=Cc2c(nc(-c3ccccc3)n2-c2ccc(-c3cccc4c3ccc3cc5ccccc5cc34)c3ccccc23)CC1. The number of allylic oxidation sites excluding steroid dienone is 1. The number of hydrogen-bond donors (Lipinski definition) is 0. The molecule has 0 N–H and O–H groups in total. The van der Waals surface area contributed by atoms with E-state index in [0.29, 0.717) is 0 Å². The quantitative estimate of drug-likeness (QED) is 0.159. The monoisotopic (exact) mass is 548 g/mol. The third-order valence-electron chi connectivity index (χ3n) is 9.02. The van der Waals surface area contributed by atoms with E-state index < -0.39 is 0 Å². The van der Waals surface area contributed by atoms with Crippen molar-refractivity contribution in [2.24, 2.45) is 0 Å². The predicted octanol–water partition coefficient (Wildman–Crippen LogP) is 10.8. The lowest BCUT2D eigenvalue weighted by Crippen LogP contribution is -2.03. The fraction of sp³-hybridized carbons (Fsp3) is 0.0488. The van der Waals surface area contributed by atoms with Crippen molar-refractivity contribution in [2.75, 3.05) is 0 Å². The summed E-state index contributed by atoms with van der Waals surface area (Å²) in [4.78, 5) is 5.19. The Morgan fingerprint density at radius 2 is 1.23 bits per heavy atom. The molecule has 8 aromatic rings. The fourth-order valence-electron chi connectivity index (χ4n) is 7.00. The molecule has 0 saturated carbocycles. The van der Waals surface area contributed by atoms with Crippen molar-refractivity contribution >= 4 is 49.2 Å². The van der Waals surface area contributed by atoms with Crippen molar-refractivity contribution in [1.82, 2.24) is 9.55 Å². The van der Waals surface area contributed by atoms with Gasteiger partial charge in [0.2, 0.25) is 0 Å². The zero-order valence-electron chi connectivity index (χ0n) is 23.7. The molecule has 0 atom stereocenters. The molecule has 0 aliphatic heterocycles. The van der Waals surface area contributed by atoms with Crippen LogP contribution in [0, 0.1) is 0 Å². The first-order valence-electron chi connectivity index (χ1n) is 15.0. The lowest BCUT2D eigenvalue weighted by Gasteiger charge is -2.18. The highest BCUT2D eigenvalue weighted by molar-refractivity contribution is 6.17. The van der Waals surface area contributed by atoms with Gasteiger partial charge in [0, 0.05) is 10.9 Å². The lowest BCUT2D eigenvalue weighted by molar-refractivity contribution is 0.937. The number of rotatable bonds is 3. The molecule has 9 rings (SSSR count). The molecule has 0 unspecified atom stereocenters. The van der Waals surface area contributed by atoms with Gasteiger partial charge in [0.25, 0.3) is 0 Å². The van der Waals surface area contributed by atoms with Crippen LogP contribution in [0.1, 0.15) is 17.8 Å². The molecule has 7 aromatic carbocycles. The van der Waals surface area contributed by atoms with Crippen molar-refractivity contribution < 1.29 is 0 Å². The minimum Gasteiger partial charge on any atom is -0.292 e. The van der Waals surface area contributed by atoms with Gasteiger partial charge in [0.05, 0.1) is 17.1 Å². The molecule has 202 valence electrons. The Hall–Kier alpha value is -5.47. The van der Waals surface area contributed by atoms with Crippen LogP contribution in [-0.2, 0) is 6.42 Å². The molecular formula is C41H28N2. The molecule has 1 aliphatic carbocycles. The van der Waals surface area contributed by atoms with Gasteiger partial charge in [-0.2, -0.15) is 0 Å². The van der Waals surface area contributed by atoms with E-state index in [0.717, 1.165) is 29.9 Å². The van der Waals surface area contributed by atoms with Crippen molar-refractivity contribution in [3.05, 3.63) is 151 Å². The van der Waals surface area contributed by atoms with Gasteiger partial charge < -0.3 is 0 Å². The number of imidazole rings is 1. The molecule has 1 aliphatic rings. The van der Waals surface area contributed by atoms with E-state index in [-0.39, 0.29) is 0 Å². The zero-order valence-corrected chi connectivity index (χ0v) is 23.7. The van der Waals surface area contributed by atoms with E-state index in [2.05, 4.69) is 150 Å². The first kappa shape index (κ1) is 24.2. The maximum absolute atomic E-state index is 5.19. The predicted molar refractivity (Wildman–Crippen MR) is 182 cm³/mol. The third-order valence-corrected chi connectivity index (χ3v) is 9.02. The molecular weight excluding hydrogens is 520 g/mol.